The van der Waals surface area contributed by atoms with Gasteiger partial charge in [-0.25, -0.2) is 4.98 Å². The third-order valence-electron chi connectivity index (χ3n) is 5.46. The molecule has 0 spiro atoms. The Morgan fingerprint density at radius 2 is 1.70 bits per heavy atom. The van der Waals surface area contributed by atoms with Gasteiger partial charge in [0, 0.05) is 48.8 Å². The molecule has 33 heavy (non-hydrogen) atoms. The zero-order chi connectivity index (χ0) is 22.6. The maximum Gasteiger partial charge on any atom is 0.221 e. The first-order chi connectivity index (χ1) is 16.2. The smallest absolute Gasteiger partial charge is 0.221 e. The first-order valence-electron chi connectivity index (χ1n) is 10.7. The molecule has 5 aromatic rings. The zero-order valence-electron chi connectivity index (χ0n) is 18.2. The second kappa shape index (κ2) is 9.04. The van der Waals surface area contributed by atoms with Crippen molar-refractivity contribution in [3.63, 3.8) is 0 Å². The lowest BCUT2D eigenvalue weighted by Gasteiger charge is -2.12. The highest BCUT2D eigenvalue weighted by molar-refractivity contribution is 6.02. The van der Waals surface area contributed by atoms with Crippen molar-refractivity contribution in [2.24, 2.45) is 0 Å². The molecule has 1 amide bonds. The molecule has 0 fully saturated rings. The molecule has 2 aromatic heterocycles. The van der Waals surface area contributed by atoms with Gasteiger partial charge in [-0.15, -0.1) is 0 Å². The molecule has 0 radical (unpaired) electrons. The average molecular weight is 434 g/mol. The van der Waals surface area contributed by atoms with Crippen LogP contribution in [0, 0.1) is 0 Å². The van der Waals surface area contributed by atoms with Gasteiger partial charge in [0.2, 0.25) is 5.91 Å². The van der Waals surface area contributed by atoms with Crippen LogP contribution in [-0.2, 0) is 17.6 Å². The number of aromatic nitrogens is 3. The van der Waals surface area contributed by atoms with E-state index >= 15 is 0 Å². The molecule has 3 aromatic carbocycles. The summed E-state index contributed by atoms with van der Waals surface area (Å²) in [5.74, 6) is 0.658. The Bertz CT molecular complexity index is 1430. The lowest BCUT2D eigenvalue weighted by atomic mass is 9.99. The van der Waals surface area contributed by atoms with Crippen molar-refractivity contribution >= 4 is 22.4 Å². The van der Waals surface area contributed by atoms with E-state index in [0.29, 0.717) is 12.8 Å². The summed E-state index contributed by atoms with van der Waals surface area (Å²) in [6, 6.07) is 20.2. The molecule has 0 saturated heterocycles. The second-order valence-electron chi connectivity index (χ2n) is 7.92. The third-order valence-corrected chi connectivity index (χ3v) is 5.46. The van der Waals surface area contributed by atoms with E-state index in [4.69, 9.17) is 9.40 Å². The first-order valence-corrected chi connectivity index (χ1v) is 10.7. The summed E-state index contributed by atoms with van der Waals surface area (Å²) in [6.07, 6.45) is 8.09. The first kappa shape index (κ1) is 20.6. The van der Waals surface area contributed by atoms with Crippen molar-refractivity contribution in [1.29, 1.82) is 0 Å². The lowest BCUT2D eigenvalue weighted by molar-refractivity contribution is -0.114. The largest absolute Gasteiger partial charge is 0.444 e. The minimum Gasteiger partial charge on any atom is -0.444 e. The van der Waals surface area contributed by atoms with Crippen LogP contribution in [-0.4, -0.2) is 20.9 Å². The van der Waals surface area contributed by atoms with Gasteiger partial charge in [-0.05, 0) is 28.6 Å². The number of rotatable bonds is 6. The van der Waals surface area contributed by atoms with Crippen molar-refractivity contribution < 1.29 is 9.21 Å². The summed E-state index contributed by atoms with van der Waals surface area (Å²) in [5.41, 5.74) is 5.87. The second-order valence-corrected chi connectivity index (χ2v) is 7.92. The molecule has 6 heteroatoms. The highest BCUT2D eigenvalue weighted by atomic mass is 16.3. The molecule has 2 heterocycles. The Balaban J connectivity index is 1.40. The SMILES string of the molecule is CC(=O)Nc1ccc(Cc2cncc(Cc3cccc(-c4cnco4)c3)n2)c2ccccc12. The predicted octanol–water partition coefficient (Wildman–Crippen LogP) is 5.42. The van der Waals surface area contributed by atoms with E-state index in [1.54, 1.807) is 6.20 Å². The summed E-state index contributed by atoms with van der Waals surface area (Å²) in [4.78, 5) is 24.9. The highest BCUT2D eigenvalue weighted by Gasteiger charge is 2.10. The number of amides is 1. The van der Waals surface area contributed by atoms with E-state index in [1.807, 2.05) is 54.9 Å². The topological polar surface area (TPSA) is 80.9 Å². The van der Waals surface area contributed by atoms with Crippen LogP contribution in [0.3, 0.4) is 0 Å². The van der Waals surface area contributed by atoms with Crippen LogP contribution in [0.25, 0.3) is 22.1 Å². The molecule has 5 rings (SSSR count). The van der Waals surface area contributed by atoms with Crippen LogP contribution in [0.15, 0.2) is 90.1 Å². The van der Waals surface area contributed by atoms with E-state index < -0.39 is 0 Å². The van der Waals surface area contributed by atoms with Crippen molar-refractivity contribution in [2.75, 3.05) is 5.32 Å². The van der Waals surface area contributed by atoms with Crippen LogP contribution in [0.4, 0.5) is 5.69 Å². The molecule has 0 aliphatic rings. The molecule has 0 atom stereocenters. The van der Waals surface area contributed by atoms with Gasteiger partial charge >= 0.3 is 0 Å². The molecule has 0 bridgehead atoms. The number of nitrogens with zero attached hydrogens (tertiary/aromatic N) is 3. The predicted molar refractivity (Wildman–Crippen MR) is 128 cm³/mol. The molecule has 0 aliphatic carbocycles. The minimum absolute atomic E-state index is 0.0844. The lowest BCUT2D eigenvalue weighted by Crippen LogP contribution is -2.06. The maximum atomic E-state index is 11.6. The molecule has 162 valence electrons. The fourth-order valence-electron chi connectivity index (χ4n) is 4.03. The van der Waals surface area contributed by atoms with Gasteiger partial charge in [0.15, 0.2) is 12.2 Å². The van der Waals surface area contributed by atoms with Crippen LogP contribution in [0.2, 0.25) is 0 Å². The van der Waals surface area contributed by atoms with Gasteiger partial charge in [0.25, 0.3) is 0 Å². The molecule has 1 N–H and O–H groups in total. The molecule has 0 unspecified atom stereocenters. The van der Waals surface area contributed by atoms with Crippen molar-refractivity contribution in [3.05, 3.63) is 108 Å². The standard InChI is InChI=1S/C27H22N4O2/c1-18(32)30-26-10-9-20(24-7-2-3-8-25(24)26)13-23-15-28-14-22(31-23)12-19-5-4-6-21(11-19)27-16-29-17-33-27/h2-11,14-17H,12-13H2,1H3,(H,30,32). The Kier molecular flexibility index (Phi) is 5.64. The summed E-state index contributed by atoms with van der Waals surface area (Å²) in [7, 11) is 0. The maximum absolute atomic E-state index is 11.6. The summed E-state index contributed by atoms with van der Waals surface area (Å²) in [5, 5.41) is 5.02. The van der Waals surface area contributed by atoms with E-state index in [2.05, 4.69) is 33.5 Å². The monoisotopic (exact) mass is 434 g/mol. The van der Waals surface area contributed by atoms with Gasteiger partial charge < -0.3 is 9.73 Å². The van der Waals surface area contributed by atoms with Crippen molar-refractivity contribution in [1.82, 2.24) is 15.0 Å². The number of oxazole rings is 1. The summed E-state index contributed by atoms with van der Waals surface area (Å²) >= 11 is 0. The average Bonchev–Trinajstić information content (AvgIpc) is 3.36. The molecular formula is C27H22N4O2. The fourth-order valence-corrected chi connectivity index (χ4v) is 4.03. The van der Waals surface area contributed by atoms with Crippen LogP contribution in [0.5, 0.6) is 0 Å². The van der Waals surface area contributed by atoms with Crippen LogP contribution < -0.4 is 5.32 Å². The number of carbonyl (C=O) groups excluding carboxylic acids is 1. The third kappa shape index (κ3) is 4.65. The number of nitrogens with one attached hydrogen (secondary N) is 1. The number of fused-ring (bicyclic) bond motifs is 1. The van der Waals surface area contributed by atoms with Crippen molar-refractivity contribution in [2.45, 2.75) is 19.8 Å². The van der Waals surface area contributed by atoms with Gasteiger partial charge in [-0.2, -0.15) is 0 Å². The number of benzene rings is 3. The van der Waals surface area contributed by atoms with E-state index in [9.17, 15) is 4.79 Å². The van der Waals surface area contributed by atoms with Gasteiger partial charge in [0.1, 0.15) is 0 Å². The normalized spacial score (nSPS) is 10.9. The number of hydrogen-bond donors (Lipinski definition) is 1. The van der Waals surface area contributed by atoms with Crippen LogP contribution >= 0.6 is 0 Å². The van der Waals surface area contributed by atoms with Gasteiger partial charge in [-0.3, -0.25) is 14.8 Å². The van der Waals surface area contributed by atoms with Gasteiger partial charge in [0.05, 0.1) is 17.6 Å². The van der Waals surface area contributed by atoms with Gasteiger partial charge in [-0.1, -0.05) is 48.5 Å². The Hall–Kier alpha value is -4.32. The zero-order valence-corrected chi connectivity index (χ0v) is 18.2. The molecule has 6 nitrogen and oxygen atoms in total. The van der Waals surface area contributed by atoms with E-state index in [0.717, 1.165) is 50.3 Å². The Morgan fingerprint density at radius 3 is 2.48 bits per heavy atom. The summed E-state index contributed by atoms with van der Waals surface area (Å²) in [6.45, 7) is 1.52. The minimum atomic E-state index is -0.0844. The number of carbonyl (C=O) groups is 1. The Labute approximate surface area is 191 Å². The quantitative estimate of drug-likeness (QED) is 0.386. The van der Waals surface area contributed by atoms with E-state index in [-0.39, 0.29) is 5.91 Å². The fraction of sp³-hybridized carbons (Fsp3) is 0.111. The van der Waals surface area contributed by atoms with E-state index in [1.165, 1.54) is 13.3 Å². The molecular weight excluding hydrogens is 412 g/mol. The van der Waals surface area contributed by atoms with Crippen molar-refractivity contribution in [3.8, 4) is 11.3 Å². The Morgan fingerprint density at radius 1 is 0.879 bits per heavy atom. The van der Waals surface area contributed by atoms with Crippen LogP contribution in [0.1, 0.15) is 29.4 Å². The molecule has 0 aliphatic heterocycles. The summed E-state index contributed by atoms with van der Waals surface area (Å²) < 4.78 is 5.41. The molecule has 0 saturated carbocycles. The number of anilines is 1. The number of hydrogen-bond acceptors (Lipinski definition) is 5. The highest BCUT2D eigenvalue weighted by Crippen LogP contribution is 2.28.